The number of ether oxygens (including phenoxy) is 2. The summed E-state index contributed by atoms with van der Waals surface area (Å²) in [4.78, 5) is 21.5. The number of aromatic nitrogens is 3. The molecule has 0 aliphatic heterocycles. The van der Waals surface area contributed by atoms with Crippen LogP contribution in [0.5, 0.6) is 11.5 Å². The molecule has 0 spiro atoms. The molecule has 0 aliphatic rings. The maximum absolute atomic E-state index is 14.1. The van der Waals surface area contributed by atoms with Crippen molar-refractivity contribution in [3.8, 4) is 28.4 Å². The van der Waals surface area contributed by atoms with Crippen molar-refractivity contribution in [2.24, 2.45) is 0 Å². The minimum absolute atomic E-state index is 0.0588. The van der Waals surface area contributed by atoms with Gasteiger partial charge in [0.15, 0.2) is 17.0 Å². The van der Waals surface area contributed by atoms with Gasteiger partial charge in [0.05, 0.1) is 31.1 Å². The molecule has 0 amide bonds. The maximum atomic E-state index is 14.1. The highest BCUT2D eigenvalue weighted by Gasteiger charge is 2.13. The highest BCUT2D eigenvalue weighted by atomic mass is 19.1. The van der Waals surface area contributed by atoms with Gasteiger partial charge in [0.25, 0.3) is 5.56 Å². The number of halogens is 2. The van der Waals surface area contributed by atoms with E-state index in [0.29, 0.717) is 34.3 Å². The van der Waals surface area contributed by atoms with E-state index < -0.39 is 17.2 Å². The van der Waals surface area contributed by atoms with Gasteiger partial charge >= 0.3 is 0 Å². The molecule has 4 aromatic rings. The molecule has 0 unspecified atom stereocenters. The third-order valence-electron chi connectivity index (χ3n) is 4.46. The first-order valence-corrected chi connectivity index (χ1v) is 8.58. The maximum Gasteiger partial charge on any atom is 0.284 e. The van der Waals surface area contributed by atoms with Crippen LogP contribution < -0.4 is 15.0 Å². The molecule has 0 fully saturated rings. The van der Waals surface area contributed by atoms with Crippen LogP contribution in [0.4, 0.5) is 8.78 Å². The van der Waals surface area contributed by atoms with Gasteiger partial charge in [-0.25, -0.2) is 18.7 Å². The molecule has 29 heavy (non-hydrogen) atoms. The van der Waals surface area contributed by atoms with E-state index in [1.165, 1.54) is 26.6 Å². The summed E-state index contributed by atoms with van der Waals surface area (Å²) in [5.74, 6) is -0.525. The standard InChI is InChI=1S/C21H15F2N3O3/c1-28-18-8-3-12(9-19(18)29-2)15-5-6-16-20(25-15)21(27)26(11-24-16)17-7-4-13(22)10-14(17)23/h3-11H,1-2H3. The zero-order valence-electron chi connectivity index (χ0n) is 15.5. The lowest BCUT2D eigenvalue weighted by Crippen LogP contribution is -2.21. The van der Waals surface area contributed by atoms with Crippen molar-refractivity contribution < 1.29 is 18.3 Å². The molecule has 0 radical (unpaired) electrons. The van der Waals surface area contributed by atoms with Crippen LogP contribution in [0, 0.1) is 11.6 Å². The predicted molar refractivity (Wildman–Crippen MR) is 104 cm³/mol. The number of rotatable bonds is 4. The third-order valence-corrected chi connectivity index (χ3v) is 4.46. The first kappa shape index (κ1) is 18.5. The van der Waals surface area contributed by atoms with Gasteiger partial charge in [-0.15, -0.1) is 0 Å². The van der Waals surface area contributed by atoms with E-state index in [2.05, 4.69) is 9.97 Å². The van der Waals surface area contributed by atoms with Gasteiger partial charge in [0.2, 0.25) is 0 Å². The number of hydrogen-bond donors (Lipinski definition) is 0. The molecule has 8 heteroatoms. The van der Waals surface area contributed by atoms with Gasteiger partial charge in [0, 0.05) is 11.6 Å². The molecule has 0 N–H and O–H groups in total. The monoisotopic (exact) mass is 395 g/mol. The number of fused-ring (bicyclic) bond motifs is 1. The highest BCUT2D eigenvalue weighted by molar-refractivity contribution is 5.78. The minimum atomic E-state index is -0.871. The molecular weight excluding hydrogens is 380 g/mol. The van der Waals surface area contributed by atoms with Crippen LogP contribution in [0.1, 0.15) is 0 Å². The second-order valence-corrected chi connectivity index (χ2v) is 6.15. The Morgan fingerprint density at radius 3 is 2.45 bits per heavy atom. The van der Waals surface area contributed by atoms with E-state index in [9.17, 15) is 13.6 Å². The van der Waals surface area contributed by atoms with Crippen LogP contribution in [-0.4, -0.2) is 28.8 Å². The fourth-order valence-corrected chi connectivity index (χ4v) is 3.00. The molecule has 2 heterocycles. The minimum Gasteiger partial charge on any atom is -0.493 e. The molecule has 6 nitrogen and oxygen atoms in total. The molecule has 2 aromatic heterocycles. The van der Waals surface area contributed by atoms with Gasteiger partial charge in [-0.05, 0) is 42.5 Å². The lowest BCUT2D eigenvalue weighted by atomic mass is 10.1. The summed E-state index contributed by atoms with van der Waals surface area (Å²) in [5, 5.41) is 0. The Morgan fingerprint density at radius 2 is 1.72 bits per heavy atom. The lowest BCUT2D eigenvalue weighted by Gasteiger charge is -2.10. The van der Waals surface area contributed by atoms with Crippen LogP contribution in [-0.2, 0) is 0 Å². The van der Waals surface area contributed by atoms with Gasteiger partial charge in [0.1, 0.15) is 18.0 Å². The average Bonchev–Trinajstić information content (AvgIpc) is 2.74. The topological polar surface area (TPSA) is 66.2 Å². The number of methoxy groups -OCH3 is 2. The van der Waals surface area contributed by atoms with E-state index in [4.69, 9.17) is 9.47 Å². The zero-order chi connectivity index (χ0) is 20.5. The van der Waals surface area contributed by atoms with Gasteiger partial charge in [-0.3, -0.25) is 9.36 Å². The summed E-state index contributed by atoms with van der Waals surface area (Å²) in [6.07, 6.45) is 1.19. The first-order valence-electron chi connectivity index (χ1n) is 8.58. The first-order chi connectivity index (χ1) is 14.0. The van der Waals surface area contributed by atoms with Crippen molar-refractivity contribution in [3.05, 3.63) is 76.8 Å². The Bertz CT molecular complexity index is 1290. The Balaban J connectivity index is 1.88. The molecule has 0 atom stereocenters. The van der Waals surface area contributed by atoms with Crippen LogP contribution in [0.25, 0.3) is 28.0 Å². The summed E-state index contributed by atoms with van der Waals surface area (Å²) in [6, 6.07) is 11.6. The van der Waals surface area contributed by atoms with Crippen molar-refractivity contribution in [1.29, 1.82) is 0 Å². The summed E-state index contributed by atoms with van der Waals surface area (Å²) >= 11 is 0. The molecule has 2 aromatic carbocycles. The second-order valence-electron chi connectivity index (χ2n) is 6.15. The molecule has 0 aliphatic carbocycles. The van der Waals surface area contributed by atoms with E-state index in [0.717, 1.165) is 10.6 Å². The Labute approximate surface area is 164 Å². The van der Waals surface area contributed by atoms with Crippen molar-refractivity contribution in [2.45, 2.75) is 0 Å². The number of pyridine rings is 1. The molecular formula is C21H15F2N3O3. The average molecular weight is 395 g/mol. The van der Waals surface area contributed by atoms with Crippen LogP contribution in [0.3, 0.4) is 0 Å². The van der Waals surface area contributed by atoms with Crippen LogP contribution in [0.2, 0.25) is 0 Å². The molecule has 4 rings (SSSR count). The summed E-state index contributed by atoms with van der Waals surface area (Å²) in [6.45, 7) is 0. The molecule has 0 saturated heterocycles. The van der Waals surface area contributed by atoms with Gasteiger partial charge in [-0.2, -0.15) is 0 Å². The summed E-state index contributed by atoms with van der Waals surface area (Å²) in [5.41, 5.74) is 0.954. The summed E-state index contributed by atoms with van der Waals surface area (Å²) in [7, 11) is 3.06. The quantitative estimate of drug-likeness (QED) is 0.527. The van der Waals surface area contributed by atoms with Crippen molar-refractivity contribution in [3.63, 3.8) is 0 Å². The smallest absolute Gasteiger partial charge is 0.284 e. The molecule has 0 saturated carbocycles. The van der Waals surface area contributed by atoms with Crippen LogP contribution >= 0.6 is 0 Å². The number of hydrogen-bond acceptors (Lipinski definition) is 5. The summed E-state index contributed by atoms with van der Waals surface area (Å²) < 4.78 is 38.9. The fraction of sp³-hybridized carbons (Fsp3) is 0.0952. The van der Waals surface area contributed by atoms with E-state index in [1.54, 1.807) is 30.3 Å². The third kappa shape index (κ3) is 3.29. The largest absolute Gasteiger partial charge is 0.493 e. The van der Waals surface area contributed by atoms with E-state index >= 15 is 0 Å². The Hall–Kier alpha value is -3.81. The number of nitrogens with zero attached hydrogens (tertiary/aromatic N) is 3. The SMILES string of the molecule is COc1ccc(-c2ccc3ncn(-c4ccc(F)cc4F)c(=O)c3n2)cc1OC. The Morgan fingerprint density at radius 1 is 0.931 bits per heavy atom. The highest BCUT2D eigenvalue weighted by Crippen LogP contribution is 2.31. The normalized spacial score (nSPS) is 10.9. The molecule has 0 bridgehead atoms. The van der Waals surface area contributed by atoms with E-state index in [-0.39, 0.29) is 11.2 Å². The van der Waals surface area contributed by atoms with E-state index in [1.807, 2.05) is 0 Å². The number of benzene rings is 2. The van der Waals surface area contributed by atoms with Crippen molar-refractivity contribution in [2.75, 3.05) is 14.2 Å². The Kier molecular flexibility index (Phi) is 4.67. The lowest BCUT2D eigenvalue weighted by molar-refractivity contribution is 0.355. The van der Waals surface area contributed by atoms with Gasteiger partial charge < -0.3 is 9.47 Å². The van der Waals surface area contributed by atoms with Gasteiger partial charge in [-0.1, -0.05) is 0 Å². The molecule has 146 valence electrons. The van der Waals surface area contributed by atoms with Crippen molar-refractivity contribution in [1.82, 2.24) is 14.5 Å². The predicted octanol–water partition coefficient (Wildman–Crippen LogP) is 3.74. The van der Waals surface area contributed by atoms with Crippen molar-refractivity contribution >= 4 is 11.0 Å². The fourth-order valence-electron chi connectivity index (χ4n) is 3.00. The second kappa shape index (κ2) is 7.31. The van der Waals surface area contributed by atoms with Crippen LogP contribution in [0.15, 0.2) is 59.7 Å². The zero-order valence-corrected chi connectivity index (χ0v) is 15.5.